The first-order valence-corrected chi connectivity index (χ1v) is 13.2. The van der Waals surface area contributed by atoms with E-state index >= 15 is 0 Å². The zero-order valence-corrected chi connectivity index (χ0v) is 20.7. The summed E-state index contributed by atoms with van der Waals surface area (Å²) in [4.78, 5) is 36.7. The first kappa shape index (κ1) is 23.4. The van der Waals surface area contributed by atoms with Crippen molar-refractivity contribution in [3.8, 4) is 0 Å². The van der Waals surface area contributed by atoms with Crippen molar-refractivity contribution in [2.24, 2.45) is 0 Å². The van der Waals surface area contributed by atoms with Gasteiger partial charge in [0.2, 0.25) is 0 Å². The number of fused-ring (bicyclic) bond motifs is 1. The molecule has 9 nitrogen and oxygen atoms in total. The lowest BCUT2D eigenvalue weighted by Crippen LogP contribution is -2.33. The summed E-state index contributed by atoms with van der Waals surface area (Å²) < 4.78 is 0. The molecule has 9 heteroatoms. The van der Waals surface area contributed by atoms with Gasteiger partial charge in [-0.2, -0.15) is 5.10 Å². The molecule has 3 aliphatic rings. The van der Waals surface area contributed by atoms with Crippen molar-refractivity contribution in [1.82, 2.24) is 25.5 Å². The number of nitrogens with zero attached hydrogens (tertiary/aromatic N) is 4. The van der Waals surface area contributed by atoms with Crippen LogP contribution < -0.4 is 26.1 Å². The van der Waals surface area contributed by atoms with Crippen molar-refractivity contribution >= 4 is 35.3 Å². The van der Waals surface area contributed by atoms with Crippen LogP contribution in [0.1, 0.15) is 77.4 Å². The van der Waals surface area contributed by atoms with Gasteiger partial charge in [0.05, 0.1) is 29.1 Å². The van der Waals surface area contributed by atoms with Gasteiger partial charge in [-0.25, -0.2) is 4.98 Å². The minimum Gasteiger partial charge on any atom is -0.370 e. The van der Waals surface area contributed by atoms with Crippen LogP contribution in [0.25, 0.3) is 12.2 Å². The Balaban J connectivity index is 1.17. The van der Waals surface area contributed by atoms with Crippen LogP contribution >= 0.6 is 0 Å². The van der Waals surface area contributed by atoms with Crippen molar-refractivity contribution in [2.75, 3.05) is 23.3 Å². The average Bonchev–Trinajstić information content (AvgIpc) is 3.71. The Morgan fingerprint density at radius 3 is 2.62 bits per heavy atom. The lowest BCUT2D eigenvalue weighted by molar-refractivity contribution is 0.0932. The van der Waals surface area contributed by atoms with E-state index in [0.717, 1.165) is 67.0 Å². The molecule has 3 aromatic heterocycles. The van der Waals surface area contributed by atoms with Gasteiger partial charge in [-0.05, 0) is 55.9 Å². The topological polar surface area (TPSA) is 116 Å². The predicted molar refractivity (Wildman–Crippen MR) is 142 cm³/mol. The van der Waals surface area contributed by atoms with Gasteiger partial charge in [0, 0.05) is 36.5 Å². The Bertz CT molecular complexity index is 1420. The molecule has 1 saturated carbocycles. The summed E-state index contributed by atoms with van der Waals surface area (Å²) >= 11 is 0. The van der Waals surface area contributed by atoms with E-state index < -0.39 is 0 Å². The molecule has 0 bridgehead atoms. The van der Waals surface area contributed by atoms with Gasteiger partial charge in [0.1, 0.15) is 5.69 Å². The van der Waals surface area contributed by atoms with Crippen LogP contribution in [0, 0.1) is 0 Å². The Morgan fingerprint density at radius 1 is 1.00 bits per heavy atom. The second-order valence-corrected chi connectivity index (χ2v) is 10.1. The predicted octanol–water partition coefficient (Wildman–Crippen LogP) is 2.47. The van der Waals surface area contributed by atoms with Gasteiger partial charge in [0.15, 0.2) is 5.69 Å². The van der Waals surface area contributed by atoms with Gasteiger partial charge in [-0.15, -0.1) is 0 Å². The lowest BCUT2D eigenvalue weighted by atomic mass is 9.92. The van der Waals surface area contributed by atoms with E-state index in [4.69, 9.17) is 0 Å². The molecule has 0 aromatic carbocycles. The summed E-state index contributed by atoms with van der Waals surface area (Å²) in [5, 5.41) is 14.8. The van der Waals surface area contributed by atoms with Gasteiger partial charge in [-0.1, -0.05) is 25.0 Å². The van der Waals surface area contributed by atoms with E-state index in [1.807, 2.05) is 12.4 Å². The van der Waals surface area contributed by atoms with Gasteiger partial charge < -0.3 is 15.5 Å². The van der Waals surface area contributed by atoms with Crippen molar-refractivity contribution in [3.63, 3.8) is 0 Å². The molecular weight excluding hydrogens is 466 g/mol. The van der Waals surface area contributed by atoms with E-state index in [1.54, 1.807) is 12.1 Å². The van der Waals surface area contributed by atoms with Gasteiger partial charge in [-0.3, -0.25) is 19.7 Å². The van der Waals surface area contributed by atoms with E-state index in [2.05, 4.69) is 53.9 Å². The summed E-state index contributed by atoms with van der Waals surface area (Å²) in [6.07, 6.45) is 17.1. The molecule has 6 rings (SSSR count). The quantitative estimate of drug-likeness (QED) is 0.482. The molecule has 0 radical (unpaired) electrons. The number of anilines is 2. The summed E-state index contributed by atoms with van der Waals surface area (Å²) in [6.45, 7) is 2.14. The standard InChI is InChI=1S/C28H31N7O2/c36-27(31-20-5-1-2-6-20)25-10-8-21(16-30-25)32-28(37)26-23-14-18(7-9-24(23)33-34-26)19-13-22(17-29-15-19)35-11-3-4-12-35/h8-10,13-18,20,33H,1-7,11-12H2,(H,31,36)(H,32,37). The zero-order valence-electron chi connectivity index (χ0n) is 20.7. The SMILES string of the molecule is O=C(NC1CCCC1)c1ccc(NC(=O)c2n[nH]c3c2=CC(c2cncc(N4CCCC4)c2)CC=3)cn1. The fourth-order valence-corrected chi connectivity index (χ4v) is 5.53. The fraction of sp³-hybridized carbons (Fsp3) is 0.393. The number of pyridine rings is 2. The molecule has 2 fully saturated rings. The minimum absolute atomic E-state index is 0.117. The number of hydrogen-bond donors (Lipinski definition) is 3. The smallest absolute Gasteiger partial charge is 0.276 e. The monoisotopic (exact) mass is 497 g/mol. The minimum atomic E-state index is -0.323. The average molecular weight is 498 g/mol. The van der Waals surface area contributed by atoms with Crippen molar-refractivity contribution < 1.29 is 9.59 Å². The lowest BCUT2D eigenvalue weighted by Gasteiger charge is -2.20. The van der Waals surface area contributed by atoms with Crippen LogP contribution in [0.2, 0.25) is 0 Å². The molecular formula is C28H31N7O2. The van der Waals surface area contributed by atoms with Crippen LogP contribution in [0.15, 0.2) is 36.8 Å². The highest BCUT2D eigenvalue weighted by Gasteiger charge is 2.21. The van der Waals surface area contributed by atoms with E-state index in [-0.39, 0.29) is 23.8 Å². The maximum Gasteiger partial charge on any atom is 0.276 e. The maximum absolute atomic E-state index is 13.1. The number of H-pyrrole nitrogens is 1. The summed E-state index contributed by atoms with van der Waals surface area (Å²) in [5.74, 6) is -0.381. The van der Waals surface area contributed by atoms with Crippen molar-refractivity contribution in [1.29, 1.82) is 0 Å². The molecule has 3 N–H and O–H groups in total. The third-order valence-electron chi connectivity index (χ3n) is 7.58. The normalized spacial score (nSPS) is 19.1. The molecule has 4 heterocycles. The highest BCUT2D eigenvalue weighted by Crippen LogP contribution is 2.27. The number of rotatable bonds is 6. The third kappa shape index (κ3) is 4.98. The summed E-state index contributed by atoms with van der Waals surface area (Å²) in [6, 6.07) is 5.78. The molecule has 1 aliphatic heterocycles. The summed E-state index contributed by atoms with van der Waals surface area (Å²) in [7, 11) is 0. The van der Waals surface area contributed by atoms with Crippen LogP contribution in [-0.2, 0) is 0 Å². The molecule has 2 aliphatic carbocycles. The Labute approximate surface area is 215 Å². The molecule has 0 spiro atoms. The number of amides is 2. The second-order valence-electron chi connectivity index (χ2n) is 10.1. The molecule has 190 valence electrons. The molecule has 1 unspecified atom stereocenters. The number of aromatic nitrogens is 4. The highest BCUT2D eigenvalue weighted by molar-refractivity contribution is 6.03. The number of aromatic amines is 1. The van der Waals surface area contributed by atoms with Gasteiger partial charge >= 0.3 is 0 Å². The van der Waals surface area contributed by atoms with Crippen LogP contribution in [-0.4, -0.2) is 51.1 Å². The molecule has 1 atom stereocenters. The van der Waals surface area contributed by atoms with Crippen LogP contribution in [0.4, 0.5) is 11.4 Å². The summed E-state index contributed by atoms with van der Waals surface area (Å²) in [5.41, 5.74) is 3.49. The first-order chi connectivity index (χ1) is 18.1. The highest BCUT2D eigenvalue weighted by atomic mass is 16.2. The molecule has 1 saturated heterocycles. The number of hydrogen-bond acceptors (Lipinski definition) is 6. The third-order valence-corrected chi connectivity index (χ3v) is 7.58. The van der Waals surface area contributed by atoms with E-state index in [1.165, 1.54) is 19.0 Å². The second kappa shape index (κ2) is 10.2. The Hall–Kier alpha value is -4.01. The van der Waals surface area contributed by atoms with Crippen LogP contribution in [0.3, 0.4) is 0 Å². The first-order valence-electron chi connectivity index (χ1n) is 13.2. The zero-order chi connectivity index (χ0) is 25.2. The van der Waals surface area contributed by atoms with E-state index in [9.17, 15) is 9.59 Å². The largest absolute Gasteiger partial charge is 0.370 e. The Kier molecular flexibility index (Phi) is 6.42. The van der Waals surface area contributed by atoms with Crippen molar-refractivity contribution in [3.05, 3.63) is 64.3 Å². The Morgan fingerprint density at radius 2 is 1.84 bits per heavy atom. The molecule has 37 heavy (non-hydrogen) atoms. The van der Waals surface area contributed by atoms with Gasteiger partial charge in [0.25, 0.3) is 11.8 Å². The van der Waals surface area contributed by atoms with Crippen LogP contribution in [0.5, 0.6) is 0 Å². The number of carbonyl (C=O) groups is 2. The molecule has 3 aromatic rings. The number of nitrogens with one attached hydrogen (secondary N) is 3. The van der Waals surface area contributed by atoms with Crippen molar-refractivity contribution in [2.45, 2.75) is 56.9 Å². The van der Waals surface area contributed by atoms with E-state index in [0.29, 0.717) is 17.1 Å². The number of carbonyl (C=O) groups excluding carboxylic acids is 2. The molecule has 2 amide bonds. The fourth-order valence-electron chi connectivity index (χ4n) is 5.53. The maximum atomic E-state index is 13.1.